The van der Waals surface area contributed by atoms with Crippen molar-refractivity contribution < 1.29 is 9.53 Å². The first-order valence-corrected chi connectivity index (χ1v) is 7.63. The molecule has 0 aliphatic carbocycles. The molecule has 2 rings (SSSR count). The average molecular weight is 310 g/mol. The van der Waals surface area contributed by atoms with Crippen LogP contribution in [0.25, 0.3) is 10.2 Å². The summed E-state index contributed by atoms with van der Waals surface area (Å²) in [6.45, 7) is 4.14. The van der Waals surface area contributed by atoms with Gasteiger partial charge in [-0.05, 0) is 25.3 Å². The summed E-state index contributed by atoms with van der Waals surface area (Å²) in [4.78, 5) is 40.1. The molecule has 21 heavy (non-hydrogen) atoms. The fourth-order valence-electron chi connectivity index (χ4n) is 2.40. The Morgan fingerprint density at radius 1 is 1.38 bits per heavy atom. The van der Waals surface area contributed by atoms with Crippen LogP contribution in [-0.4, -0.2) is 22.6 Å². The van der Waals surface area contributed by atoms with Gasteiger partial charge >= 0.3 is 11.7 Å². The van der Waals surface area contributed by atoms with Gasteiger partial charge in [0.2, 0.25) is 0 Å². The SMILES string of the molecule is CCc1c(C)sc2[nH]c(=O)n(CCCC(=O)OC)c(=O)c12. The van der Waals surface area contributed by atoms with Crippen LogP contribution in [0.4, 0.5) is 0 Å². The van der Waals surface area contributed by atoms with Gasteiger partial charge in [0.05, 0.1) is 12.5 Å². The zero-order chi connectivity index (χ0) is 15.6. The van der Waals surface area contributed by atoms with Crippen LogP contribution in [-0.2, 0) is 22.5 Å². The van der Waals surface area contributed by atoms with Gasteiger partial charge < -0.3 is 4.74 Å². The van der Waals surface area contributed by atoms with E-state index in [9.17, 15) is 14.4 Å². The van der Waals surface area contributed by atoms with Crippen LogP contribution in [0.1, 0.15) is 30.2 Å². The van der Waals surface area contributed by atoms with E-state index in [0.717, 1.165) is 21.4 Å². The number of hydrogen-bond acceptors (Lipinski definition) is 5. The van der Waals surface area contributed by atoms with Crippen molar-refractivity contribution in [1.29, 1.82) is 0 Å². The monoisotopic (exact) mass is 310 g/mol. The molecule has 0 radical (unpaired) electrons. The lowest BCUT2D eigenvalue weighted by molar-refractivity contribution is -0.140. The van der Waals surface area contributed by atoms with E-state index in [1.54, 1.807) is 0 Å². The highest BCUT2D eigenvalue weighted by atomic mass is 32.1. The predicted molar refractivity (Wildman–Crippen MR) is 82.1 cm³/mol. The molecule has 114 valence electrons. The van der Waals surface area contributed by atoms with E-state index in [1.165, 1.54) is 18.4 Å². The number of hydrogen-bond donors (Lipinski definition) is 1. The molecule has 0 spiro atoms. The minimum Gasteiger partial charge on any atom is -0.469 e. The molecule has 2 aromatic heterocycles. The number of methoxy groups -OCH3 is 1. The minimum absolute atomic E-state index is 0.184. The van der Waals surface area contributed by atoms with E-state index in [1.807, 2.05) is 13.8 Å². The van der Waals surface area contributed by atoms with E-state index < -0.39 is 5.69 Å². The number of nitrogens with one attached hydrogen (secondary N) is 1. The van der Waals surface area contributed by atoms with Gasteiger partial charge in [0, 0.05) is 17.8 Å². The number of carbonyl (C=O) groups is 1. The van der Waals surface area contributed by atoms with Gasteiger partial charge in [0.25, 0.3) is 5.56 Å². The fourth-order valence-corrected chi connectivity index (χ4v) is 3.52. The third-order valence-corrected chi connectivity index (χ3v) is 4.54. The van der Waals surface area contributed by atoms with Gasteiger partial charge in [-0.1, -0.05) is 6.92 Å². The van der Waals surface area contributed by atoms with Crippen LogP contribution in [0.5, 0.6) is 0 Å². The summed E-state index contributed by atoms with van der Waals surface area (Å²) in [7, 11) is 1.31. The highest BCUT2D eigenvalue weighted by molar-refractivity contribution is 7.18. The maximum absolute atomic E-state index is 12.5. The molecule has 0 saturated heterocycles. The van der Waals surface area contributed by atoms with Crippen LogP contribution in [0.15, 0.2) is 9.59 Å². The fraction of sp³-hybridized carbons (Fsp3) is 0.500. The maximum atomic E-state index is 12.5. The van der Waals surface area contributed by atoms with Gasteiger partial charge in [0.15, 0.2) is 0 Å². The molecule has 0 unspecified atom stereocenters. The molecular weight excluding hydrogens is 292 g/mol. The Balaban J connectivity index is 2.43. The number of aromatic nitrogens is 2. The van der Waals surface area contributed by atoms with Gasteiger partial charge in [-0.2, -0.15) is 0 Å². The molecule has 0 saturated carbocycles. The van der Waals surface area contributed by atoms with Crippen molar-refractivity contribution in [3.63, 3.8) is 0 Å². The number of aryl methyl sites for hydroxylation is 2. The molecule has 0 aliphatic heterocycles. The summed E-state index contributed by atoms with van der Waals surface area (Å²) in [5.41, 5.74) is 0.277. The molecule has 0 amide bonds. The van der Waals surface area contributed by atoms with Crippen LogP contribution in [0.3, 0.4) is 0 Å². The molecule has 6 nitrogen and oxygen atoms in total. The average Bonchev–Trinajstić information content (AvgIpc) is 2.77. The number of ether oxygens (including phenoxy) is 1. The van der Waals surface area contributed by atoms with Crippen molar-refractivity contribution in [2.45, 2.75) is 39.7 Å². The lowest BCUT2D eigenvalue weighted by Gasteiger charge is -2.05. The van der Waals surface area contributed by atoms with E-state index in [4.69, 9.17) is 0 Å². The third-order valence-electron chi connectivity index (χ3n) is 3.48. The van der Waals surface area contributed by atoms with Crippen molar-refractivity contribution in [3.05, 3.63) is 31.3 Å². The van der Waals surface area contributed by atoms with Gasteiger partial charge in [-0.15, -0.1) is 11.3 Å². The van der Waals surface area contributed by atoms with E-state index >= 15 is 0 Å². The lowest BCUT2D eigenvalue weighted by atomic mass is 10.1. The van der Waals surface area contributed by atoms with Crippen molar-refractivity contribution in [1.82, 2.24) is 9.55 Å². The summed E-state index contributed by atoms with van der Waals surface area (Å²) in [5.74, 6) is -0.346. The number of thiophene rings is 1. The topological polar surface area (TPSA) is 81.2 Å². The quantitative estimate of drug-likeness (QED) is 0.850. The minimum atomic E-state index is -0.429. The first-order valence-electron chi connectivity index (χ1n) is 6.81. The normalized spacial score (nSPS) is 11.0. The molecule has 0 fully saturated rings. The Kier molecular flexibility index (Phi) is 4.62. The number of fused-ring (bicyclic) bond motifs is 1. The van der Waals surface area contributed by atoms with Crippen molar-refractivity contribution in [3.8, 4) is 0 Å². The molecular formula is C14H18N2O4S. The molecule has 2 aromatic rings. The second-order valence-electron chi connectivity index (χ2n) is 4.76. The largest absolute Gasteiger partial charge is 0.469 e. The van der Waals surface area contributed by atoms with Crippen molar-refractivity contribution >= 4 is 27.5 Å². The molecule has 0 bridgehead atoms. The Morgan fingerprint density at radius 2 is 2.10 bits per heavy atom. The first-order chi connectivity index (χ1) is 9.99. The summed E-state index contributed by atoms with van der Waals surface area (Å²) < 4.78 is 5.71. The summed E-state index contributed by atoms with van der Waals surface area (Å²) in [6.07, 6.45) is 1.32. The smallest absolute Gasteiger partial charge is 0.329 e. The van der Waals surface area contributed by atoms with Crippen LogP contribution < -0.4 is 11.2 Å². The third kappa shape index (κ3) is 2.92. The highest BCUT2D eigenvalue weighted by Gasteiger charge is 2.15. The second kappa shape index (κ2) is 6.26. The molecule has 2 heterocycles. The Hall–Kier alpha value is -1.89. The number of esters is 1. The Bertz CT molecular complexity index is 785. The van der Waals surface area contributed by atoms with Crippen molar-refractivity contribution in [2.75, 3.05) is 7.11 Å². The van der Waals surface area contributed by atoms with Crippen molar-refractivity contribution in [2.24, 2.45) is 0 Å². The van der Waals surface area contributed by atoms with Crippen LogP contribution in [0, 0.1) is 6.92 Å². The number of aromatic amines is 1. The number of nitrogens with zero attached hydrogens (tertiary/aromatic N) is 1. The van der Waals surface area contributed by atoms with E-state index in [0.29, 0.717) is 16.6 Å². The zero-order valence-electron chi connectivity index (χ0n) is 12.3. The molecule has 0 atom stereocenters. The van der Waals surface area contributed by atoms with E-state index in [-0.39, 0.29) is 24.5 Å². The van der Waals surface area contributed by atoms with Gasteiger partial charge in [-0.3, -0.25) is 19.1 Å². The van der Waals surface area contributed by atoms with E-state index in [2.05, 4.69) is 9.72 Å². The first kappa shape index (κ1) is 15.5. The summed E-state index contributed by atoms with van der Waals surface area (Å²) in [6, 6.07) is 0. The lowest BCUT2D eigenvalue weighted by Crippen LogP contribution is -2.35. The molecule has 1 N–H and O–H groups in total. The number of rotatable bonds is 5. The summed E-state index contributed by atoms with van der Waals surface area (Å²) in [5, 5.41) is 0.595. The Labute approximate surface area is 125 Å². The van der Waals surface area contributed by atoms with Gasteiger partial charge in [-0.25, -0.2) is 4.79 Å². The zero-order valence-corrected chi connectivity index (χ0v) is 13.1. The molecule has 7 heteroatoms. The van der Waals surface area contributed by atoms with Gasteiger partial charge in [0.1, 0.15) is 4.83 Å². The Morgan fingerprint density at radius 3 is 2.71 bits per heavy atom. The summed E-state index contributed by atoms with van der Waals surface area (Å²) >= 11 is 1.43. The standard InChI is InChI=1S/C14H18N2O4S/c1-4-9-8(2)21-12-11(9)13(18)16(14(19)15-12)7-5-6-10(17)20-3/h4-7H2,1-3H3,(H,15,19). The number of carbonyl (C=O) groups excluding carboxylic acids is 1. The molecule has 0 aliphatic rings. The van der Waals surface area contributed by atoms with Crippen LogP contribution >= 0.6 is 11.3 Å². The van der Waals surface area contributed by atoms with Crippen LogP contribution in [0.2, 0.25) is 0 Å². The maximum Gasteiger partial charge on any atom is 0.329 e. The predicted octanol–water partition coefficient (Wildman–Crippen LogP) is 1.58. The molecule has 0 aromatic carbocycles. The number of H-pyrrole nitrogens is 1. The second-order valence-corrected chi connectivity index (χ2v) is 5.99. The highest BCUT2D eigenvalue weighted by Crippen LogP contribution is 2.26.